The zero-order valence-electron chi connectivity index (χ0n) is 12.9. The maximum atomic E-state index is 4.42. The summed E-state index contributed by atoms with van der Waals surface area (Å²) in [6.45, 7) is 7.36. The van der Waals surface area contributed by atoms with E-state index in [0.717, 1.165) is 29.7 Å². The lowest BCUT2D eigenvalue weighted by Crippen LogP contribution is -2.34. The van der Waals surface area contributed by atoms with Crippen molar-refractivity contribution in [2.24, 2.45) is 0 Å². The molecule has 0 saturated heterocycles. The van der Waals surface area contributed by atoms with Gasteiger partial charge in [0.2, 0.25) is 0 Å². The number of halogens is 1. The Balaban J connectivity index is 2.08. The van der Waals surface area contributed by atoms with Crippen molar-refractivity contribution in [3.63, 3.8) is 0 Å². The van der Waals surface area contributed by atoms with Gasteiger partial charge in [-0.2, -0.15) is 5.10 Å². The number of rotatable bonds is 7. The Kier molecular flexibility index (Phi) is 5.94. The molecule has 0 fully saturated rings. The predicted octanol–water partition coefficient (Wildman–Crippen LogP) is 3.38. The summed E-state index contributed by atoms with van der Waals surface area (Å²) < 4.78 is 3.12. The van der Waals surface area contributed by atoms with E-state index in [1.807, 2.05) is 4.68 Å². The Morgan fingerprint density at radius 3 is 2.52 bits per heavy atom. The molecule has 1 unspecified atom stereocenters. The SMILES string of the molecule is CCNC(Cc1ccc(Br)cc1)Cc1ncnn1C(C)C. The van der Waals surface area contributed by atoms with E-state index in [-0.39, 0.29) is 0 Å². The van der Waals surface area contributed by atoms with Gasteiger partial charge in [-0.25, -0.2) is 9.67 Å². The second-order valence-electron chi connectivity index (χ2n) is 5.50. The van der Waals surface area contributed by atoms with Gasteiger partial charge in [-0.05, 0) is 44.5 Å². The molecule has 0 radical (unpaired) electrons. The van der Waals surface area contributed by atoms with Crippen molar-refractivity contribution in [3.05, 3.63) is 46.5 Å². The molecule has 1 N–H and O–H groups in total. The first kappa shape index (κ1) is 16.2. The summed E-state index contributed by atoms with van der Waals surface area (Å²) in [4.78, 5) is 4.42. The Morgan fingerprint density at radius 2 is 1.90 bits per heavy atom. The summed E-state index contributed by atoms with van der Waals surface area (Å²) >= 11 is 3.48. The molecule has 1 aromatic carbocycles. The van der Waals surface area contributed by atoms with Crippen molar-refractivity contribution in [2.45, 2.75) is 45.7 Å². The van der Waals surface area contributed by atoms with E-state index < -0.39 is 0 Å². The zero-order valence-corrected chi connectivity index (χ0v) is 14.5. The summed E-state index contributed by atoms with van der Waals surface area (Å²) in [6, 6.07) is 9.24. The van der Waals surface area contributed by atoms with Gasteiger partial charge in [0.05, 0.1) is 0 Å². The van der Waals surface area contributed by atoms with Crippen LogP contribution in [0.2, 0.25) is 0 Å². The fourth-order valence-corrected chi connectivity index (χ4v) is 2.75. The van der Waals surface area contributed by atoms with Crippen molar-refractivity contribution in [3.8, 4) is 0 Å². The average Bonchev–Trinajstić information content (AvgIpc) is 2.90. The van der Waals surface area contributed by atoms with Crippen LogP contribution in [0.1, 0.15) is 38.2 Å². The van der Waals surface area contributed by atoms with Crippen LogP contribution < -0.4 is 5.32 Å². The maximum Gasteiger partial charge on any atom is 0.138 e. The molecule has 1 atom stereocenters. The van der Waals surface area contributed by atoms with E-state index in [0.29, 0.717) is 12.1 Å². The van der Waals surface area contributed by atoms with Gasteiger partial charge in [-0.3, -0.25) is 0 Å². The van der Waals surface area contributed by atoms with E-state index in [4.69, 9.17) is 0 Å². The van der Waals surface area contributed by atoms with E-state index in [2.05, 4.69) is 76.4 Å². The monoisotopic (exact) mass is 350 g/mol. The van der Waals surface area contributed by atoms with Crippen LogP contribution in [0.25, 0.3) is 0 Å². The second-order valence-corrected chi connectivity index (χ2v) is 6.42. The smallest absolute Gasteiger partial charge is 0.138 e. The normalized spacial score (nSPS) is 12.8. The van der Waals surface area contributed by atoms with Crippen LogP contribution >= 0.6 is 15.9 Å². The Hall–Kier alpha value is -1.20. The van der Waals surface area contributed by atoms with Gasteiger partial charge in [0.15, 0.2) is 0 Å². The zero-order chi connectivity index (χ0) is 15.2. The summed E-state index contributed by atoms with van der Waals surface area (Å²) in [6.07, 6.45) is 3.53. The summed E-state index contributed by atoms with van der Waals surface area (Å²) in [5.74, 6) is 1.05. The molecule has 0 amide bonds. The molecule has 2 aromatic rings. The molecule has 5 heteroatoms. The largest absolute Gasteiger partial charge is 0.313 e. The average molecular weight is 351 g/mol. The summed E-state index contributed by atoms with van der Waals surface area (Å²) in [7, 11) is 0. The van der Waals surface area contributed by atoms with Crippen molar-refractivity contribution in [1.82, 2.24) is 20.1 Å². The predicted molar refractivity (Wildman–Crippen MR) is 89.4 cm³/mol. The lowest BCUT2D eigenvalue weighted by Gasteiger charge is -2.19. The van der Waals surface area contributed by atoms with E-state index >= 15 is 0 Å². The molecule has 0 aliphatic carbocycles. The lowest BCUT2D eigenvalue weighted by molar-refractivity contribution is 0.459. The molecule has 4 nitrogen and oxygen atoms in total. The molecule has 1 heterocycles. The van der Waals surface area contributed by atoms with Crippen molar-refractivity contribution in [2.75, 3.05) is 6.54 Å². The molecule has 0 aliphatic heterocycles. The molecule has 2 rings (SSSR count). The standard InChI is InChI=1S/C16H23BrN4/c1-4-18-15(9-13-5-7-14(17)8-6-13)10-16-19-11-20-21(16)12(2)3/h5-8,11-12,15,18H,4,9-10H2,1-3H3. The Morgan fingerprint density at radius 1 is 1.19 bits per heavy atom. The number of benzene rings is 1. The molecule has 114 valence electrons. The minimum absolute atomic E-state index is 0.345. The van der Waals surface area contributed by atoms with Gasteiger partial charge in [-0.15, -0.1) is 0 Å². The quantitative estimate of drug-likeness (QED) is 0.832. The van der Waals surface area contributed by atoms with Gasteiger partial charge >= 0.3 is 0 Å². The molecule has 0 aliphatic rings. The van der Waals surface area contributed by atoms with Gasteiger partial charge in [0.25, 0.3) is 0 Å². The Labute approximate surface area is 135 Å². The highest BCUT2D eigenvalue weighted by atomic mass is 79.9. The van der Waals surface area contributed by atoms with Crippen LogP contribution in [0.4, 0.5) is 0 Å². The van der Waals surface area contributed by atoms with Crippen LogP contribution in [-0.2, 0) is 12.8 Å². The van der Waals surface area contributed by atoms with E-state index in [1.165, 1.54) is 5.56 Å². The molecule has 0 spiro atoms. The molecule has 21 heavy (non-hydrogen) atoms. The van der Waals surface area contributed by atoms with Gasteiger partial charge in [-0.1, -0.05) is 35.0 Å². The van der Waals surface area contributed by atoms with Crippen LogP contribution in [-0.4, -0.2) is 27.4 Å². The van der Waals surface area contributed by atoms with Crippen molar-refractivity contribution in [1.29, 1.82) is 0 Å². The molecule has 1 aromatic heterocycles. The molecular weight excluding hydrogens is 328 g/mol. The highest BCUT2D eigenvalue weighted by Crippen LogP contribution is 2.14. The lowest BCUT2D eigenvalue weighted by atomic mass is 10.0. The van der Waals surface area contributed by atoms with Crippen LogP contribution in [0.5, 0.6) is 0 Å². The topological polar surface area (TPSA) is 42.7 Å². The first-order valence-electron chi connectivity index (χ1n) is 7.46. The van der Waals surface area contributed by atoms with Crippen LogP contribution in [0, 0.1) is 0 Å². The third-order valence-corrected chi connectivity index (χ3v) is 3.98. The number of hydrogen-bond acceptors (Lipinski definition) is 3. The molecular formula is C16H23BrN4. The first-order chi connectivity index (χ1) is 10.1. The summed E-state index contributed by atoms with van der Waals surface area (Å²) in [5.41, 5.74) is 1.33. The highest BCUT2D eigenvalue weighted by Gasteiger charge is 2.15. The number of aromatic nitrogens is 3. The van der Waals surface area contributed by atoms with Crippen molar-refractivity contribution < 1.29 is 0 Å². The van der Waals surface area contributed by atoms with Crippen LogP contribution in [0.3, 0.4) is 0 Å². The van der Waals surface area contributed by atoms with Gasteiger partial charge in [0.1, 0.15) is 12.2 Å². The molecule has 0 saturated carbocycles. The maximum absolute atomic E-state index is 4.42. The number of likely N-dealkylation sites (N-methyl/N-ethyl adjacent to an activating group) is 1. The van der Waals surface area contributed by atoms with Crippen LogP contribution in [0.15, 0.2) is 35.1 Å². The Bertz CT molecular complexity index is 548. The number of nitrogens with zero attached hydrogens (tertiary/aromatic N) is 3. The number of nitrogens with one attached hydrogen (secondary N) is 1. The molecule has 0 bridgehead atoms. The van der Waals surface area contributed by atoms with Gasteiger partial charge < -0.3 is 5.32 Å². The fourth-order valence-electron chi connectivity index (χ4n) is 2.48. The third-order valence-electron chi connectivity index (χ3n) is 3.45. The van der Waals surface area contributed by atoms with Crippen molar-refractivity contribution >= 4 is 15.9 Å². The minimum Gasteiger partial charge on any atom is -0.313 e. The van der Waals surface area contributed by atoms with E-state index in [9.17, 15) is 0 Å². The second kappa shape index (κ2) is 7.71. The first-order valence-corrected chi connectivity index (χ1v) is 8.25. The van der Waals surface area contributed by atoms with E-state index in [1.54, 1.807) is 6.33 Å². The fraction of sp³-hybridized carbons (Fsp3) is 0.500. The summed E-state index contributed by atoms with van der Waals surface area (Å²) in [5, 5.41) is 7.88. The minimum atomic E-state index is 0.345. The number of hydrogen-bond donors (Lipinski definition) is 1. The van der Waals surface area contributed by atoms with Gasteiger partial charge in [0, 0.05) is 23.0 Å². The third kappa shape index (κ3) is 4.64. The highest BCUT2D eigenvalue weighted by molar-refractivity contribution is 9.10.